The first-order valence-electron chi connectivity index (χ1n) is 6.54. The van der Waals surface area contributed by atoms with Gasteiger partial charge < -0.3 is 14.8 Å². The van der Waals surface area contributed by atoms with Crippen molar-refractivity contribution in [3.8, 4) is 0 Å². The first kappa shape index (κ1) is 20.0. The van der Waals surface area contributed by atoms with Crippen molar-refractivity contribution in [3.63, 3.8) is 0 Å². The number of nitrogens with one attached hydrogen (secondary N) is 1. The molecule has 0 saturated heterocycles. The molecule has 4 nitrogen and oxygen atoms in total. The van der Waals surface area contributed by atoms with Crippen LogP contribution in [0.4, 0.5) is 0 Å². The first-order chi connectivity index (χ1) is 9.41. The van der Waals surface area contributed by atoms with Gasteiger partial charge in [0.05, 0.1) is 6.10 Å². The molecule has 0 heterocycles. The van der Waals surface area contributed by atoms with Gasteiger partial charge in [0.2, 0.25) is 0 Å². The second kappa shape index (κ2) is 11.6. The predicted octanol–water partition coefficient (Wildman–Crippen LogP) is 3.60. The minimum Gasteiger partial charge on any atom is -0.359 e. The molecule has 0 aliphatic heterocycles. The second-order valence-corrected chi connectivity index (χ2v) is 6.52. The fraction of sp³-hybridized carbons (Fsp3) is 0.769. The molecule has 0 fully saturated rings. The summed E-state index contributed by atoms with van der Waals surface area (Å²) in [5.74, 6) is -0.646. The molecule has 0 saturated carbocycles. The molecule has 118 valence electrons. The number of carbonyl (C=O) groups is 1. The predicted molar refractivity (Wildman–Crippen MR) is 83.3 cm³/mol. The van der Waals surface area contributed by atoms with Crippen molar-refractivity contribution in [2.75, 3.05) is 20.4 Å². The maximum absolute atomic E-state index is 11.3. The molecule has 0 bridgehead atoms. The summed E-state index contributed by atoms with van der Waals surface area (Å²) in [5.41, 5.74) is 0. The van der Waals surface area contributed by atoms with Crippen LogP contribution >= 0.6 is 34.8 Å². The standard InChI is InChI=1S/C13H22Cl3NO3/c1-3-4-5-7-11(20-10-19-2)8-6-9-17-12(18)13(14,15)16/h6,8,11H,3-5,7,9-10H2,1-2H3,(H,17,18)/b8-6+/t11-/m0/s1. The van der Waals surface area contributed by atoms with Crippen molar-refractivity contribution in [2.24, 2.45) is 0 Å². The third kappa shape index (κ3) is 10.7. The molecule has 0 unspecified atom stereocenters. The fourth-order valence-electron chi connectivity index (χ4n) is 1.46. The van der Waals surface area contributed by atoms with Crippen LogP contribution in [0.3, 0.4) is 0 Å². The van der Waals surface area contributed by atoms with Crippen LogP contribution in [0.5, 0.6) is 0 Å². The zero-order valence-electron chi connectivity index (χ0n) is 11.8. The highest BCUT2D eigenvalue weighted by atomic mass is 35.6. The largest absolute Gasteiger partial charge is 0.359 e. The van der Waals surface area contributed by atoms with E-state index in [1.165, 1.54) is 0 Å². The van der Waals surface area contributed by atoms with E-state index in [4.69, 9.17) is 44.3 Å². The molecule has 0 aromatic heterocycles. The summed E-state index contributed by atoms with van der Waals surface area (Å²) in [7, 11) is 1.58. The molecule has 1 amide bonds. The van der Waals surface area contributed by atoms with Gasteiger partial charge in [0.1, 0.15) is 6.79 Å². The lowest BCUT2D eigenvalue weighted by Gasteiger charge is -2.14. The fourth-order valence-corrected chi connectivity index (χ4v) is 1.66. The normalized spacial score (nSPS) is 13.7. The van der Waals surface area contributed by atoms with E-state index < -0.39 is 9.70 Å². The molecule has 0 aromatic rings. The zero-order chi connectivity index (χ0) is 15.4. The van der Waals surface area contributed by atoms with Gasteiger partial charge in [-0.05, 0) is 6.42 Å². The topological polar surface area (TPSA) is 47.6 Å². The molecular weight excluding hydrogens is 325 g/mol. The molecule has 1 atom stereocenters. The summed E-state index contributed by atoms with van der Waals surface area (Å²) >= 11 is 16.3. The number of rotatable bonds is 10. The molecule has 0 aliphatic rings. The molecule has 7 heteroatoms. The van der Waals surface area contributed by atoms with E-state index in [1.807, 2.05) is 6.08 Å². The molecular formula is C13H22Cl3NO3. The van der Waals surface area contributed by atoms with Crippen LogP contribution in [0.1, 0.15) is 32.6 Å². The highest BCUT2D eigenvalue weighted by Gasteiger charge is 2.29. The average molecular weight is 347 g/mol. The minimum absolute atomic E-state index is 0.0360. The summed E-state index contributed by atoms with van der Waals surface area (Å²) < 4.78 is 8.47. The third-order valence-electron chi connectivity index (χ3n) is 2.48. The molecule has 0 spiro atoms. The van der Waals surface area contributed by atoms with Crippen LogP contribution < -0.4 is 5.32 Å². The van der Waals surface area contributed by atoms with E-state index in [1.54, 1.807) is 13.2 Å². The number of ether oxygens (including phenoxy) is 2. The Morgan fingerprint density at radius 1 is 1.35 bits per heavy atom. The van der Waals surface area contributed by atoms with Gasteiger partial charge >= 0.3 is 0 Å². The van der Waals surface area contributed by atoms with Crippen LogP contribution in [-0.2, 0) is 14.3 Å². The highest BCUT2D eigenvalue weighted by Crippen LogP contribution is 2.25. The molecule has 0 aliphatic carbocycles. The first-order valence-corrected chi connectivity index (χ1v) is 7.67. The lowest BCUT2D eigenvalue weighted by molar-refractivity contribution is -0.120. The summed E-state index contributed by atoms with van der Waals surface area (Å²) in [5, 5.41) is 2.49. The molecule has 0 aromatic carbocycles. The number of halogens is 3. The van der Waals surface area contributed by atoms with E-state index >= 15 is 0 Å². The second-order valence-electron chi connectivity index (χ2n) is 4.24. The van der Waals surface area contributed by atoms with Crippen molar-refractivity contribution >= 4 is 40.7 Å². The van der Waals surface area contributed by atoms with Crippen LogP contribution in [0, 0.1) is 0 Å². The Morgan fingerprint density at radius 3 is 2.60 bits per heavy atom. The maximum Gasteiger partial charge on any atom is 0.272 e. The Kier molecular flexibility index (Phi) is 11.6. The van der Waals surface area contributed by atoms with Gasteiger partial charge in [-0.15, -0.1) is 0 Å². The van der Waals surface area contributed by atoms with Gasteiger partial charge in [-0.3, -0.25) is 4.79 Å². The summed E-state index contributed by atoms with van der Waals surface area (Å²) in [6.07, 6.45) is 7.92. The van der Waals surface area contributed by atoms with Gasteiger partial charge in [0.15, 0.2) is 0 Å². The molecule has 0 radical (unpaired) electrons. The maximum atomic E-state index is 11.3. The lowest BCUT2D eigenvalue weighted by atomic mass is 10.1. The average Bonchev–Trinajstić information content (AvgIpc) is 2.38. The van der Waals surface area contributed by atoms with E-state index in [0.717, 1.165) is 25.7 Å². The van der Waals surface area contributed by atoms with Crippen LogP contribution in [0.15, 0.2) is 12.2 Å². The Bertz CT molecular complexity index is 293. The number of carbonyl (C=O) groups excluding carboxylic acids is 1. The monoisotopic (exact) mass is 345 g/mol. The van der Waals surface area contributed by atoms with Gasteiger partial charge in [0, 0.05) is 13.7 Å². The Balaban J connectivity index is 4.07. The minimum atomic E-state index is -1.93. The van der Waals surface area contributed by atoms with Crippen LogP contribution in [0.25, 0.3) is 0 Å². The molecule has 1 N–H and O–H groups in total. The Hall–Kier alpha value is -0.0000000000000000416. The summed E-state index contributed by atoms with van der Waals surface area (Å²) in [6, 6.07) is 0. The van der Waals surface area contributed by atoms with E-state index in [0.29, 0.717) is 0 Å². The van der Waals surface area contributed by atoms with E-state index in [2.05, 4.69) is 12.2 Å². The molecule has 0 rings (SSSR count). The van der Waals surface area contributed by atoms with Crippen LogP contribution in [0.2, 0.25) is 0 Å². The van der Waals surface area contributed by atoms with Gasteiger partial charge in [-0.1, -0.05) is 73.1 Å². The van der Waals surface area contributed by atoms with Gasteiger partial charge in [0.25, 0.3) is 9.70 Å². The van der Waals surface area contributed by atoms with Crippen molar-refractivity contribution in [3.05, 3.63) is 12.2 Å². The summed E-state index contributed by atoms with van der Waals surface area (Å²) in [6.45, 7) is 2.67. The number of hydrogen-bond acceptors (Lipinski definition) is 3. The van der Waals surface area contributed by atoms with Gasteiger partial charge in [-0.25, -0.2) is 0 Å². The number of hydrogen-bond donors (Lipinski definition) is 1. The van der Waals surface area contributed by atoms with Crippen molar-refractivity contribution < 1.29 is 14.3 Å². The number of amides is 1. The van der Waals surface area contributed by atoms with Crippen molar-refractivity contribution in [2.45, 2.75) is 42.5 Å². The number of methoxy groups -OCH3 is 1. The van der Waals surface area contributed by atoms with Crippen LogP contribution in [-0.4, -0.2) is 36.3 Å². The number of unbranched alkanes of at least 4 members (excludes halogenated alkanes) is 2. The quantitative estimate of drug-likeness (QED) is 0.284. The van der Waals surface area contributed by atoms with E-state index in [-0.39, 0.29) is 19.4 Å². The summed E-state index contributed by atoms with van der Waals surface area (Å²) in [4.78, 5) is 11.3. The SMILES string of the molecule is CCCCC[C@@H](/C=C/CNC(=O)C(Cl)(Cl)Cl)OCOC. The Labute approximate surface area is 135 Å². The van der Waals surface area contributed by atoms with Crippen molar-refractivity contribution in [1.82, 2.24) is 5.32 Å². The smallest absolute Gasteiger partial charge is 0.272 e. The zero-order valence-corrected chi connectivity index (χ0v) is 14.1. The lowest BCUT2D eigenvalue weighted by Crippen LogP contribution is -2.34. The highest BCUT2D eigenvalue weighted by molar-refractivity contribution is 6.76. The number of alkyl halides is 3. The van der Waals surface area contributed by atoms with Gasteiger partial charge in [-0.2, -0.15) is 0 Å². The molecule has 20 heavy (non-hydrogen) atoms. The third-order valence-corrected chi connectivity index (χ3v) is 3.00. The van der Waals surface area contributed by atoms with Crippen molar-refractivity contribution in [1.29, 1.82) is 0 Å². The van der Waals surface area contributed by atoms with E-state index in [9.17, 15) is 4.79 Å². The Morgan fingerprint density at radius 2 is 2.05 bits per heavy atom.